The molecule has 0 radical (unpaired) electrons. The van der Waals surface area contributed by atoms with Crippen LogP contribution in [0.5, 0.6) is 0 Å². The Labute approximate surface area is 97.9 Å². The number of carbonyl (C=O) groups excluding carboxylic acids is 1. The second-order valence-corrected chi connectivity index (χ2v) is 5.42. The lowest BCUT2D eigenvalue weighted by atomic mass is 9.91. The SMILES string of the molecule is CCCC1(CC)N=C(NC(C)(C)C)NC1=O. The number of hydrogen-bond donors (Lipinski definition) is 2. The number of amides is 1. The highest BCUT2D eigenvalue weighted by Crippen LogP contribution is 2.26. The maximum absolute atomic E-state index is 11.9. The summed E-state index contributed by atoms with van der Waals surface area (Å²) in [7, 11) is 0. The molecular weight excluding hydrogens is 202 g/mol. The minimum Gasteiger partial charge on any atom is -0.351 e. The molecule has 1 heterocycles. The van der Waals surface area contributed by atoms with Crippen molar-refractivity contribution in [2.24, 2.45) is 4.99 Å². The zero-order valence-electron chi connectivity index (χ0n) is 11.0. The molecule has 4 heteroatoms. The first-order valence-corrected chi connectivity index (χ1v) is 6.02. The minimum atomic E-state index is -0.539. The third-order valence-electron chi connectivity index (χ3n) is 2.72. The summed E-state index contributed by atoms with van der Waals surface area (Å²) in [4.78, 5) is 16.5. The number of hydrogen-bond acceptors (Lipinski definition) is 3. The summed E-state index contributed by atoms with van der Waals surface area (Å²) in [5.41, 5.74) is -0.621. The lowest BCUT2D eigenvalue weighted by Gasteiger charge is -2.21. The van der Waals surface area contributed by atoms with Gasteiger partial charge < -0.3 is 5.32 Å². The van der Waals surface area contributed by atoms with Crippen molar-refractivity contribution in [2.75, 3.05) is 0 Å². The van der Waals surface area contributed by atoms with E-state index >= 15 is 0 Å². The smallest absolute Gasteiger partial charge is 0.254 e. The van der Waals surface area contributed by atoms with Gasteiger partial charge in [-0.3, -0.25) is 10.1 Å². The molecule has 4 nitrogen and oxygen atoms in total. The summed E-state index contributed by atoms with van der Waals surface area (Å²) in [6.45, 7) is 10.2. The molecule has 1 unspecified atom stereocenters. The summed E-state index contributed by atoms with van der Waals surface area (Å²) >= 11 is 0. The number of nitrogens with zero attached hydrogens (tertiary/aromatic N) is 1. The van der Waals surface area contributed by atoms with Crippen LogP contribution in [0.2, 0.25) is 0 Å². The first-order valence-electron chi connectivity index (χ1n) is 6.02. The molecule has 0 bridgehead atoms. The predicted molar refractivity (Wildman–Crippen MR) is 66.4 cm³/mol. The zero-order chi connectivity index (χ0) is 12.4. The molecule has 0 aromatic heterocycles. The van der Waals surface area contributed by atoms with Crippen molar-refractivity contribution in [1.29, 1.82) is 0 Å². The molecule has 1 rings (SSSR count). The van der Waals surface area contributed by atoms with Crippen LogP contribution in [0.4, 0.5) is 0 Å². The van der Waals surface area contributed by atoms with E-state index in [1.165, 1.54) is 0 Å². The number of guanidine groups is 1. The molecule has 1 amide bonds. The van der Waals surface area contributed by atoms with Gasteiger partial charge in [0.05, 0.1) is 0 Å². The van der Waals surface area contributed by atoms with Crippen LogP contribution in [0.3, 0.4) is 0 Å². The second-order valence-electron chi connectivity index (χ2n) is 5.42. The second kappa shape index (κ2) is 4.44. The molecule has 0 aromatic rings. The highest BCUT2D eigenvalue weighted by atomic mass is 16.2. The Morgan fingerprint density at radius 2 is 2.00 bits per heavy atom. The summed E-state index contributed by atoms with van der Waals surface area (Å²) < 4.78 is 0. The van der Waals surface area contributed by atoms with Crippen LogP contribution in [0, 0.1) is 0 Å². The van der Waals surface area contributed by atoms with Crippen molar-refractivity contribution in [3.63, 3.8) is 0 Å². The molecule has 1 aliphatic heterocycles. The molecule has 0 saturated heterocycles. The van der Waals surface area contributed by atoms with Gasteiger partial charge >= 0.3 is 0 Å². The molecule has 2 N–H and O–H groups in total. The van der Waals surface area contributed by atoms with Crippen LogP contribution in [-0.2, 0) is 4.79 Å². The number of nitrogens with one attached hydrogen (secondary N) is 2. The highest BCUT2D eigenvalue weighted by Gasteiger charge is 2.41. The highest BCUT2D eigenvalue weighted by molar-refractivity contribution is 6.07. The fraction of sp³-hybridized carbons (Fsp3) is 0.833. The predicted octanol–water partition coefficient (Wildman–Crippen LogP) is 1.81. The standard InChI is InChI=1S/C12H23N3O/c1-6-8-12(7-2)9(16)13-10(15-12)14-11(3,4)5/h6-8H2,1-5H3,(H2,13,14,15,16). The molecule has 0 saturated carbocycles. The molecule has 1 aliphatic rings. The maximum atomic E-state index is 11.9. The van der Waals surface area contributed by atoms with Crippen molar-refractivity contribution in [1.82, 2.24) is 10.6 Å². The van der Waals surface area contributed by atoms with E-state index in [4.69, 9.17) is 0 Å². The Hall–Kier alpha value is -1.06. The van der Waals surface area contributed by atoms with Gasteiger partial charge in [-0.2, -0.15) is 0 Å². The monoisotopic (exact) mass is 225 g/mol. The Morgan fingerprint density at radius 3 is 2.44 bits per heavy atom. The number of aliphatic imine (C=N–C) groups is 1. The molecule has 0 spiro atoms. The van der Waals surface area contributed by atoms with Gasteiger partial charge in [0.2, 0.25) is 0 Å². The van der Waals surface area contributed by atoms with E-state index in [1.807, 2.05) is 27.7 Å². The lowest BCUT2D eigenvalue weighted by molar-refractivity contribution is -0.124. The fourth-order valence-electron chi connectivity index (χ4n) is 1.93. The van der Waals surface area contributed by atoms with E-state index in [0.29, 0.717) is 5.96 Å². The van der Waals surface area contributed by atoms with E-state index in [0.717, 1.165) is 19.3 Å². The summed E-state index contributed by atoms with van der Waals surface area (Å²) in [6.07, 6.45) is 2.53. The Balaban J connectivity index is 2.84. The van der Waals surface area contributed by atoms with E-state index in [2.05, 4.69) is 22.5 Å². The first kappa shape index (κ1) is 13.0. The molecule has 16 heavy (non-hydrogen) atoms. The van der Waals surface area contributed by atoms with Crippen LogP contribution in [0.1, 0.15) is 53.9 Å². The van der Waals surface area contributed by atoms with E-state index in [-0.39, 0.29) is 11.4 Å². The molecular formula is C12H23N3O. The maximum Gasteiger partial charge on any atom is 0.254 e. The van der Waals surface area contributed by atoms with Crippen molar-refractivity contribution in [3.05, 3.63) is 0 Å². The lowest BCUT2D eigenvalue weighted by Crippen LogP contribution is -2.47. The average molecular weight is 225 g/mol. The summed E-state index contributed by atoms with van der Waals surface area (Å²) in [5.74, 6) is 0.649. The molecule has 0 fully saturated rings. The van der Waals surface area contributed by atoms with Crippen molar-refractivity contribution < 1.29 is 4.79 Å². The first-order chi connectivity index (χ1) is 7.33. The summed E-state index contributed by atoms with van der Waals surface area (Å²) in [5, 5.41) is 6.05. The van der Waals surface area contributed by atoms with E-state index in [9.17, 15) is 4.79 Å². The zero-order valence-corrected chi connectivity index (χ0v) is 11.0. The van der Waals surface area contributed by atoms with Crippen LogP contribution in [-0.4, -0.2) is 22.9 Å². The Kier molecular flexibility index (Phi) is 3.61. The topological polar surface area (TPSA) is 53.5 Å². The van der Waals surface area contributed by atoms with Gasteiger partial charge in [-0.05, 0) is 33.6 Å². The van der Waals surface area contributed by atoms with E-state index < -0.39 is 5.54 Å². The van der Waals surface area contributed by atoms with E-state index in [1.54, 1.807) is 0 Å². The quantitative estimate of drug-likeness (QED) is 0.769. The largest absolute Gasteiger partial charge is 0.351 e. The number of carbonyl (C=O) groups is 1. The minimum absolute atomic E-state index is 0.0311. The third-order valence-corrected chi connectivity index (χ3v) is 2.72. The van der Waals surface area contributed by atoms with Gasteiger partial charge in [-0.1, -0.05) is 20.3 Å². The van der Waals surface area contributed by atoms with Crippen LogP contribution < -0.4 is 10.6 Å². The van der Waals surface area contributed by atoms with Crippen LogP contribution in [0.15, 0.2) is 4.99 Å². The van der Waals surface area contributed by atoms with Crippen LogP contribution >= 0.6 is 0 Å². The van der Waals surface area contributed by atoms with Gasteiger partial charge in [0.25, 0.3) is 5.91 Å². The molecule has 92 valence electrons. The van der Waals surface area contributed by atoms with Gasteiger partial charge in [-0.25, -0.2) is 4.99 Å². The van der Waals surface area contributed by atoms with Gasteiger partial charge in [-0.15, -0.1) is 0 Å². The van der Waals surface area contributed by atoms with Crippen molar-refractivity contribution in [2.45, 2.75) is 65.0 Å². The summed E-state index contributed by atoms with van der Waals surface area (Å²) in [6, 6.07) is 0. The third kappa shape index (κ3) is 2.74. The Morgan fingerprint density at radius 1 is 1.38 bits per heavy atom. The Bertz CT molecular complexity index is 304. The van der Waals surface area contributed by atoms with Gasteiger partial charge in [0.15, 0.2) is 5.96 Å². The average Bonchev–Trinajstić information content (AvgIpc) is 2.41. The van der Waals surface area contributed by atoms with Crippen molar-refractivity contribution in [3.8, 4) is 0 Å². The van der Waals surface area contributed by atoms with Crippen molar-refractivity contribution >= 4 is 11.9 Å². The van der Waals surface area contributed by atoms with Gasteiger partial charge in [0.1, 0.15) is 5.54 Å². The molecule has 0 aromatic carbocycles. The molecule has 0 aliphatic carbocycles. The van der Waals surface area contributed by atoms with Gasteiger partial charge in [0, 0.05) is 5.54 Å². The number of rotatable bonds is 3. The normalized spacial score (nSPS) is 25.3. The molecule has 1 atom stereocenters. The fourth-order valence-corrected chi connectivity index (χ4v) is 1.93. The van der Waals surface area contributed by atoms with Crippen LogP contribution in [0.25, 0.3) is 0 Å².